The van der Waals surface area contributed by atoms with Gasteiger partial charge in [-0.2, -0.15) is 0 Å². The molecule has 0 saturated carbocycles. The second kappa shape index (κ2) is 11.6. The molecule has 0 aliphatic carbocycles. The summed E-state index contributed by atoms with van der Waals surface area (Å²) in [6.07, 6.45) is -0.414. The minimum absolute atomic E-state index is 0.0873. The predicted octanol–water partition coefficient (Wildman–Crippen LogP) is 6.02. The van der Waals surface area contributed by atoms with Gasteiger partial charge in [0.25, 0.3) is 5.79 Å². The average Bonchev–Trinajstić information content (AvgIpc) is 2.95. The van der Waals surface area contributed by atoms with E-state index in [2.05, 4.69) is 0 Å². The first-order valence-electron chi connectivity index (χ1n) is 13.3. The van der Waals surface area contributed by atoms with Crippen LogP contribution in [-0.4, -0.2) is 47.4 Å². The molecule has 0 aromatic heterocycles. The molecule has 2 aliphatic heterocycles. The lowest BCUT2D eigenvalue weighted by molar-refractivity contribution is -0.182. The fourth-order valence-corrected chi connectivity index (χ4v) is 5.10. The fourth-order valence-electron chi connectivity index (χ4n) is 4.78. The van der Waals surface area contributed by atoms with Crippen molar-refractivity contribution in [3.05, 3.63) is 86.9 Å². The third-order valence-electron chi connectivity index (χ3n) is 6.89. The molecule has 1 N–H and O–H groups in total. The average molecular weight is 616 g/mol. The maximum absolute atomic E-state index is 13.0. The Kier molecular flexibility index (Phi) is 8.20. The van der Waals surface area contributed by atoms with Crippen LogP contribution >= 0.6 is 23.2 Å². The van der Waals surface area contributed by atoms with E-state index in [1.54, 1.807) is 69.3 Å². The van der Waals surface area contributed by atoms with E-state index in [1.807, 2.05) is 6.07 Å². The zero-order chi connectivity index (χ0) is 30.2. The quantitative estimate of drug-likeness (QED) is 0.347. The first kappa shape index (κ1) is 29.8. The van der Waals surface area contributed by atoms with Gasteiger partial charge in [-0.15, -0.1) is 0 Å². The molecular formula is C31H31Cl2NO8. The minimum atomic E-state index is -1.77. The zero-order valence-electron chi connectivity index (χ0n) is 23.6. The predicted molar refractivity (Wildman–Crippen MR) is 155 cm³/mol. The van der Waals surface area contributed by atoms with Gasteiger partial charge in [0.2, 0.25) is 0 Å². The molecule has 2 heterocycles. The maximum atomic E-state index is 13.0. The topological polar surface area (TPSA) is 104 Å². The van der Waals surface area contributed by atoms with Gasteiger partial charge in [0, 0.05) is 12.0 Å². The van der Waals surface area contributed by atoms with Crippen LogP contribution < -0.4 is 14.2 Å². The summed E-state index contributed by atoms with van der Waals surface area (Å²) in [5.41, 5.74) is 2.12. The third-order valence-corrected chi connectivity index (χ3v) is 7.63. The standard InChI is InChI=1S/C31H31Cl2NO8/c1-30(2,3)42-29(36)34-15-20-14-27-26(13-19(20)12-25(34)28(35)38-4)40-17-31(37,41-27)21-6-8-22(9-7-21)39-16-18-5-10-23(32)24(33)11-18/h5-11,13-14,25,37H,12,15-17H2,1-4H3/t25-,31?/m0/s1. The van der Waals surface area contributed by atoms with Crippen molar-refractivity contribution in [2.75, 3.05) is 13.7 Å². The molecule has 3 aromatic rings. The summed E-state index contributed by atoms with van der Waals surface area (Å²) < 4.78 is 28.4. The molecule has 0 fully saturated rings. The lowest BCUT2D eigenvalue weighted by Crippen LogP contribution is -2.50. The Hall–Kier alpha value is -3.66. The van der Waals surface area contributed by atoms with Crippen LogP contribution in [0.4, 0.5) is 4.79 Å². The van der Waals surface area contributed by atoms with Gasteiger partial charge < -0.3 is 28.8 Å². The molecule has 3 aromatic carbocycles. The highest BCUT2D eigenvalue weighted by molar-refractivity contribution is 6.42. The van der Waals surface area contributed by atoms with Gasteiger partial charge in [-0.25, -0.2) is 9.59 Å². The molecule has 2 atom stereocenters. The number of hydrogen-bond acceptors (Lipinski definition) is 8. The number of ether oxygens (including phenoxy) is 5. The summed E-state index contributed by atoms with van der Waals surface area (Å²) in [4.78, 5) is 26.9. The molecule has 1 amide bonds. The van der Waals surface area contributed by atoms with Gasteiger partial charge in [0.15, 0.2) is 18.1 Å². The van der Waals surface area contributed by atoms with E-state index in [1.165, 1.54) is 12.0 Å². The van der Waals surface area contributed by atoms with Gasteiger partial charge in [0.1, 0.15) is 24.0 Å². The van der Waals surface area contributed by atoms with E-state index in [4.69, 9.17) is 46.9 Å². The van der Waals surface area contributed by atoms with Gasteiger partial charge >= 0.3 is 12.1 Å². The number of esters is 1. The van der Waals surface area contributed by atoms with Crippen LogP contribution in [0.5, 0.6) is 17.2 Å². The lowest BCUT2D eigenvalue weighted by Gasteiger charge is -2.38. The van der Waals surface area contributed by atoms with E-state index >= 15 is 0 Å². The highest BCUT2D eigenvalue weighted by Crippen LogP contribution is 2.42. The van der Waals surface area contributed by atoms with Crippen molar-refractivity contribution in [3.63, 3.8) is 0 Å². The van der Waals surface area contributed by atoms with E-state index in [0.29, 0.717) is 32.9 Å². The fraction of sp³-hybridized carbons (Fsp3) is 0.355. The van der Waals surface area contributed by atoms with E-state index in [-0.39, 0.29) is 26.2 Å². The van der Waals surface area contributed by atoms with Crippen molar-refractivity contribution in [2.24, 2.45) is 0 Å². The SMILES string of the molecule is COC(=O)[C@@H]1Cc2cc3c(cc2CN1C(=O)OC(C)(C)C)OC(O)(c1ccc(OCc2ccc(Cl)c(Cl)c2)cc1)CO3. The number of aliphatic hydroxyl groups is 1. The number of methoxy groups -OCH3 is 1. The van der Waals surface area contributed by atoms with E-state index in [9.17, 15) is 14.7 Å². The molecule has 42 heavy (non-hydrogen) atoms. The van der Waals surface area contributed by atoms with Gasteiger partial charge in [-0.3, -0.25) is 4.90 Å². The zero-order valence-corrected chi connectivity index (χ0v) is 25.1. The number of halogens is 2. The summed E-state index contributed by atoms with van der Waals surface area (Å²) in [6, 6.07) is 14.8. The molecular weight excluding hydrogens is 585 g/mol. The van der Waals surface area contributed by atoms with Crippen LogP contribution in [0.15, 0.2) is 54.6 Å². The molecule has 2 aliphatic rings. The smallest absolute Gasteiger partial charge is 0.411 e. The number of nitrogens with zero attached hydrogens (tertiary/aromatic N) is 1. The normalized spacial score (nSPS) is 19.5. The summed E-state index contributed by atoms with van der Waals surface area (Å²) in [5.74, 6) is -0.989. The van der Waals surface area contributed by atoms with Crippen LogP contribution in [0.3, 0.4) is 0 Å². The van der Waals surface area contributed by atoms with Crippen molar-refractivity contribution in [3.8, 4) is 17.2 Å². The van der Waals surface area contributed by atoms with Crippen molar-refractivity contribution < 1.29 is 38.4 Å². The van der Waals surface area contributed by atoms with Crippen LogP contribution in [0, 0.1) is 0 Å². The Morgan fingerprint density at radius 3 is 2.40 bits per heavy atom. The highest BCUT2D eigenvalue weighted by Gasteiger charge is 2.41. The molecule has 5 rings (SSSR count). The number of hydrogen-bond donors (Lipinski definition) is 1. The summed E-state index contributed by atoms with van der Waals surface area (Å²) in [7, 11) is 1.28. The minimum Gasteiger partial charge on any atom is -0.489 e. The van der Waals surface area contributed by atoms with Crippen molar-refractivity contribution in [1.82, 2.24) is 4.90 Å². The van der Waals surface area contributed by atoms with Crippen LogP contribution in [-0.2, 0) is 39.6 Å². The summed E-state index contributed by atoms with van der Waals surface area (Å²) >= 11 is 12.1. The first-order chi connectivity index (χ1) is 19.8. The maximum Gasteiger partial charge on any atom is 0.411 e. The van der Waals surface area contributed by atoms with E-state index < -0.39 is 29.5 Å². The molecule has 222 valence electrons. The summed E-state index contributed by atoms with van der Waals surface area (Å²) in [5, 5.41) is 12.3. The van der Waals surface area contributed by atoms with Crippen molar-refractivity contribution >= 4 is 35.3 Å². The van der Waals surface area contributed by atoms with Gasteiger partial charge in [-0.05, 0) is 86.0 Å². The number of carbonyl (C=O) groups excluding carboxylic acids is 2. The largest absolute Gasteiger partial charge is 0.489 e. The Balaban J connectivity index is 1.32. The first-order valence-corrected chi connectivity index (χ1v) is 14.1. The van der Waals surface area contributed by atoms with Crippen molar-refractivity contribution in [1.29, 1.82) is 0 Å². The molecule has 9 nitrogen and oxygen atoms in total. The van der Waals surface area contributed by atoms with Crippen molar-refractivity contribution in [2.45, 2.75) is 57.8 Å². The second-order valence-electron chi connectivity index (χ2n) is 11.2. The van der Waals surface area contributed by atoms with E-state index in [0.717, 1.165) is 16.7 Å². The van der Waals surface area contributed by atoms with Crippen LogP contribution in [0.2, 0.25) is 10.0 Å². The Morgan fingerprint density at radius 1 is 1.02 bits per heavy atom. The van der Waals surface area contributed by atoms with Crippen LogP contribution in [0.25, 0.3) is 0 Å². The van der Waals surface area contributed by atoms with Gasteiger partial charge in [-0.1, -0.05) is 29.3 Å². The monoisotopic (exact) mass is 615 g/mol. The second-order valence-corrected chi connectivity index (χ2v) is 12.0. The Bertz CT molecular complexity index is 1500. The third kappa shape index (κ3) is 6.38. The Morgan fingerprint density at radius 2 is 1.74 bits per heavy atom. The highest BCUT2D eigenvalue weighted by atomic mass is 35.5. The molecule has 0 radical (unpaired) electrons. The number of carbonyl (C=O) groups is 2. The lowest BCUT2D eigenvalue weighted by atomic mass is 9.93. The molecule has 0 saturated heterocycles. The number of amides is 1. The molecule has 0 spiro atoms. The Labute approximate surface area is 253 Å². The molecule has 0 bridgehead atoms. The van der Waals surface area contributed by atoms with Crippen LogP contribution in [0.1, 0.15) is 43.0 Å². The van der Waals surface area contributed by atoms with Gasteiger partial charge in [0.05, 0.1) is 23.7 Å². The number of rotatable bonds is 5. The molecule has 11 heteroatoms. The number of fused-ring (bicyclic) bond motifs is 2. The summed E-state index contributed by atoms with van der Waals surface area (Å²) in [6.45, 7) is 5.48. The number of benzene rings is 3. The molecule has 1 unspecified atom stereocenters.